The van der Waals surface area contributed by atoms with Gasteiger partial charge in [-0.25, -0.2) is 4.98 Å². The molecule has 5 heteroatoms. The molecule has 0 amide bonds. The average Bonchev–Trinajstić information content (AvgIpc) is 2.47. The maximum Gasteiger partial charge on any atom is 0.133 e. The van der Waals surface area contributed by atoms with Gasteiger partial charge >= 0.3 is 0 Å². The molecule has 0 spiro atoms. The first-order valence-electron chi connectivity index (χ1n) is 6.70. The fraction of sp³-hybridized carbons (Fsp3) is 0.267. The molecule has 2 aromatic rings. The van der Waals surface area contributed by atoms with E-state index in [2.05, 4.69) is 39.0 Å². The number of hydrogen-bond acceptors (Lipinski definition) is 4. The second kappa shape index (κ2) is 5.59. The van der Waals surface area contributed by atoms with Crippen LogP contribution in [0, 0.1) is 0 Å². The van der Waals surface area contributed by atoms with E-state index in [0.29, 0.717) is 10.8 Å². The van der Waals surface area contributed by atoms with Crippen molar-refractivity contribution in [3.8, 4) is 0 Å². The van der Waals surface area contributed by atoms with Crippen molar-refractivity contribution < 1.29 is 0 Å². The Morgan fingerprint density at radius 3 is 2.25 bits per heavy atom. The molecule has 1 aliphatic heterocycles. The fourth-order valence-corrected chi connectivity index (χ4v) is 2.71. The van der Waals surface area contributed by atoms with Crippen LogP contribution in [0.25, 0.3) is 0 Å². The highest BCUT2D eigenvalue weighted by molar-refractivity contribution is 6.29. The van der Waals surface area contributed by atoms with Crippen LogP contribution < -0.4 is 15.5 Å². The van der Waals surface area contributed by atoms with Crippen LogP contribution in [0.4, 0.5) is 17.2 Å². The number of hydrogen-bond donors (Lipinski definition) is 1. The third kappa shape index (κ3) is 2.80. The highest BCUT2D eigenvalue weighted by Crippen LogP contribution is 2.22. The van der Waals surface area contributed by atoms with Crippen LogP contribution in [0.2, 0.25) is 5.15 Å². The van der Waals surface area contributed by atoms with Crippen LogP contribution in [0.3, 0.4) is 0 Å². The monoisotopic (exact) mass is 288 g/mol. The summed E-state index contributed by atoms with van der Waals surface area (Å²) in [4.78, 5) is 8.95. The Balaban J connectivity index is 1.69. The molecule has 1 saturated heterocycles. The standard InChI is InChI=1S/C15H17ClN4/c16-14-10-12(17)11-15(18-14)20-8-6-19(7-9-20)13-4-2-1-3-5-13/h1-5,10-11H,6-9H2,(H2,17,18). The van der Waals surface area contributed by atoms with Gasteiger partial charge in [0.1, 0.15) is 11.0 Å². The number of piperazine rings is 1. The molecule has 2 N–H and O–H groups in total. The topological polar surface area (TPSA) is 45.4 Å². The second-order valence-electron chi connectivity index (χ2n) is 4.89. The highest BCUT2D eigenvalue weighted by atomic mass is 35.5. The molecule has 4 nitrogen and oxygen atoms in total. The molecule has 20 heavy (non-hydrogen) atoms. The van der Waals surface area contributed by atoms with Crippen LogP contribution in [0.1, 0.15) is 0 Å². The van der Waals surface area contributed by atoms with Gasteiger partial charge in [0.15, 0.2) is 0 Å². The second-order valence-corrected chi connectivity index (χ2v) is 5.28. The normalized spacial score (nSPS) is 15.4. The SMILES string of the molecule is Nc1cc(Cl)nc(N2CCN(c3ccccc3)CC2)c1. The molecule has 0 bridgehead atoms. The Kier molecular flexibility index (Phi) is 3.65. The predicted molar refractivity (Wildman–Crippen MR) is 84.5 cm³/mol. The first kappa shape index (κ1) is 13.1. The lowest BCUT2D eigenvalue weighted by molar-refractivity contribution is 0.647. The van der Waals surface area contributed by atoms with Crippen molar-refractivity contribution in [1.82, 2.24) is 4.98 Å². The maximum absolute atomic E-state index is 5.97. The number of nitrogens with two attached hydrogens (primary N) is 1. The highest BCUT2D eigenvalue weighted by Gasteiger charge is 2.18. The zero-order valence-corrected chi connectivity index (χ0v) is 11.9. The van der Waals surface area contributed by atoms with Crippen molar-refractivity contribution in [1.29, 1.82) is 0 Å². The third-order valence-electron chi connectivity index (χ3n) is 3.53. The Morgan fingerprint density at radius 1 is 0.950 bits per heavy atom. The molecule has 0 saturated carbocycles. The van der Waals surface area contributed by atoms with Crippen molar-refractivity contribution >= 4 is 28.8 Å². The summed E-state index contributed by atoms with van der Waals surface area (Å²) < 4.78 is 0. The zero-order valence-electron chi connectivity index (χ0n) is 11.2. The van der Waals surface area contributed by atoms with E-state index >= 15 is 0 Å². The molecular formula is C15H17ClN4. The van der Waals surface area contributed by atoms with Gasteiger partial charge in [-0.2, -0.15) is 0 Å². The Bertz CT molecular complexity index is 559. The number of nitrogens with zero attached hydrogens (tertiary/aromatic N) is 3. The summed E-state index contributed by atoms with van der Waals surface area (Å²) >= 11 is 5.97. The summed E-state index contributed by atoms with van der Waals surface area (Å²) in [6, 6.07) is 14.0. The van der Waals surface area contributed by atoms with E-state index in [1.165, 1.54) is 5.69 Å². The van der Waals surface area contributed by atoms with Crippen molar-refractivity contribution in [2.45, 2.75) is 0 Å². The van der Waals surface area contributed by atoms with E-state index in [1.54, 1.807) is 6.07 Å². The first-order chi connectivity index (χ1) is 9.72. The number of halogens is 1. The molecule has 104 valence electrons. The summed E-state index contributed by atoms with van der Waals surface area (Å²) in [5.74, 6) is 0.864. The van der Waals surface area contributed by atoms with Gasteiger partial charge in [-0.1, -0.05) is 29.8 Å². The van der Waals surface area contributed by atoms with Crippen LogP contribution in [-0.2, 0) is 0 Å². The van der Waals surface area contributed by atoms with E-state index in [0.717, 1.165) is 32.0 Å². The molecular weight excluding hydrogens is 272 g/mol. The van der Waals surface area contributed by atoms with E-state index in [9.17, 15) is 0 Å². The molecule has 0 unspecified atom stereocenters. The van der Waals surface area contributed by atoms with Gasteiger partial charge in [0, 0.05) is 43.6 Å². The Morgan fingerprint density at radius 2 is 1.60 bits per heavy atom. The van der Waals surface area contributed by atoms with E-state index in [1.807, 2.05) is 12.1 Å². The van der Waals surface area contributed by atoms with Gasteiger partial charge in [0.2, 0.25) is 0 Å². The lowest BCUT2D eigenvalue weighted by atomic mass is 10.2. The summed E-state index contributed by atoms with van der Waals surface area (Å²) in [7, 11) is 0. The number of aromatic nitrogens is 1. The van der Waals surface area contributed by atoms with Crippen molar-refractivity contribution in [3.63, 3.8) is 0 Å². The number of anilines is 3. The largest absolute Gasteiger partial charge is 0.399 e. The van der Waals surface area contributed by atoms with Gasteiger partial charge in [0.25, 0.3) is 0 Å². The van der Waals surface area contributed by atoms with E-state index in [4.69, 9.17) is 17.3 Å². The molecule has 3 rings (SSSR count). The molecule has 1 aromatic carbocycles. The van der Waals surface area contributed by atoms with Gasteiger partial charge in [-0.15, -0.1) is 0 Å². The fourth-order valence-electron chi connectivity index (χ4n) is 2.50. The molecule has 0 aliphatic carbocycles. The minimum Gasteiger partial charge on any atom is -0.399 e. The number of para-hydroxylation sites is 1. The van der Waals surface area contributed by atoms with E-state index in [-0.39, 0.29) is 0 Å². The van der Waals surface area contributed by atoms with Gasteiger partial charge in [0.05, 0.1) is 0 Å². The number of pyridine rings is 1. The molecule has 2 heterocycles. The molecule has 0 atom stereocenters. The van der Waals surface area contributed by atoms with E-state index < -0.39 is 0 Å². The van der Waals surface area contributed by atoms with Crippen LogP contribution >= 0.6 is 11.6 Å². The van der Waals surface area contributed by atoms with Crippen molar-refractivity contribution in [2.75, 3.05) is 41.7 Å². The Hall–Kier alpha value is -1.94. The molecule has 1 fully saturated rings. The summed E-state index contributed by atoms with van der Waals surface area (Å²) in [6.07, 6.45) is 0. The zero-order chi connectivity index (χ0) is 13.9. The predicted octanol–water partition coefficient (Wildman–Crippen LogP) is 2.64. The van der Waals surface area contributed by atoms with Crippen molar-refractivity contribution in [2.24, 2.45) is 0 Å². The van der Waals surface area contributed by atoms with Crippen LogP contribution in [0.15, 0.2) is 42.5 Å². The summed E-state index contributed by atoms with van der Waals surface area (Å²) in [5, 5.41) is 0.450. The van der Waals surface area contributed by atoms with Gasteiger partial charge in [-0.05, 0) is 18.2 Å². The lowest BCUT2D eigenvalue weighted by Crippen LogP contribution is -2.46. The van der Waals surface area contributed by atoms with Crippen molar-refractivity contribution in [3.05, 3.63) is 47.6 Å². The summed E-state index contributed by atoms with van der Waals surface area (Å²) in [5.41, 5.74) is 7.75. The number of nitrogen functional groups attached to an aromatic ring is 1. The van der Waals surface area contributed by atoms with Crippen LogP contribution in [-0.4, -0.2) is 31.2 Å². The van der Waals surface area contributed by atoms with Crippen LogP contribution in [0.5, 0.6) is 0 Å². The smallest absolute Gasteiger partial charge is 0.133 e. The number of benzene rings is 1. The minimum absolute atomic E-state index is 0.450. The molecule has 1 aliphatic rings. The van der Waals surface area contributed by atoms with Gasteiger partial charge in [-0.3, -0.25) is 0 Å². The van der Waals surface area contributed by atoms with Gasteiger partial charge < -0.3 is 15.5 Å². The molecule has 1 aromatic heterocycles. The average molecular weight is 289 g/mol. The lowest BCUT2D eigenvalue weighted by Gasteiger charge is -2.36. The first-order valence-corrected chi connectivity index (χ1v) is 7.08. The molecule has 0 radical (unpaired) electrons. The maximum atomic E-state index is 5.97. The number of rotatable bonds is 2. The minimum atomic E-state index is 0.450. The third-order valence-corrected chi connectivity index (χ3v) is 3.72. The quantitative estimate of drug-likeness (QED) is 0.863. The Labute approximate surface area is 123 Å². The summed E-state index contributed by atoms with van der Waals surface area (Å²) in [6.45, 7) is 3.78.